The number of halogens is 1. The van der Waals surface area contributed by atoms with E-state index in [1.165, 1.54) is 7.11 Å². The maximum Gasteiger partial charge on any atom is 0.192 e. The number of hydrogen-bond acceptors (Lipinski definition) is 3. The van der Waals surface area contributed by atoms with E-state index in [1.54, 1.807) is 41.2 Å². The van der Waals surface area contributed by atoms with Gasteiger partial charge >= 0.3 is 0 Å². The second kappa shape index (κ2) is 4.30. The molecule has 0 amide bonds. The van der Waals surface area contributed by atoms with Crippen LogP contribution in [0.15, 0.2) is 18.2 Å². The Kier molecular flexibility index (Phi) is 3.33. The molecule has 12 heavy (non-hydrogen) atoms. The summed E-state index contributed by atoms with van der Waals surface area (Å²) in [5.41, 5.74) is 0.523. The number of rotatable bonds is 3. The number of aldehydes is 1. The summed E-state index contributed by atoms with van der Waals surface area (Å²) in [7, 11) is 1.51. The Hall–Kier alpha value is -0.780. The number of methoxy groups -OCH3 is 1. The van der Waals surface area contributed by atoms with Crippen molar-refractivity contribution in [2.75, 3.05) is 7.11 Å². The van der Waals surface area contributed by atoms with E-state index in [0.717, 1.165) is 6.29 Å². The molecule has 0 unspecified atom stereocenters. The number of ether oxygens (including phenoxy) is 1. The molecule has 1 aromatic rings. The SMILES string of the molecule is COc1cc(OI)ccc1C=O. The Bertz CT molecular complexity index is 286. The van der Waals surface area contributed by atoms with E-state index in [-0.39, 0.29) is 0 Å². The highest BCUT2D eigenvalue weighted by atomic mass is 127. The van der Waals surface area contributed by atoms with Crippen LogP contribution >= 0.6 is 23.0 Å². The van der Waals surface area contributed by atoms with Gasteiger partial charge in [0, 0.05) is 6.07 Å². The van der Waals surface area contributed by atoms with Gasteiger partial charge < -0.3 is 7.80 Å². The summed E-state index contributed by atoms with van der Waals surface area (Å²) in [5.74, 6) is 1.19. The second-order valence-corrected chi connectivity index (χ2v) is 2.54. The van der Waals surface area contributed by atoms with Crippen molar-refractivity contribution in [2.24, 2.45) is 0 Å². The van der Waals surface area contributed by atoms with Crippen molar-refractivity contribution in [1.29, 1.82) is 0 Å². The third-order valence-electron chi connectivity index (χ3n) is 1.42. The van der Waals surface area contributed by atoms with Crippen LogP contribution < -0.4 is 7.80 Å². The number of carbonyl (C=O) groups is 1. The molecule has 0 radical (unpaired) electrons. The Balaban J connectivity index is 3.10. The first kappa shape index (κ1) is 9.31. The van der Waals surface area contributed by atoms with Crippen LogP contribution in [-0.2, 0) is 0 Å². The van der Waals surface area contributed by atoms with Crippen molar-refractivity contribution >= 4 is 29.3 Å². The van der Waals surface area contributed by atoms with Crippen LogP contribution in [-0.4, -0.2) is 13.4 Å². The minimum atomic E-state index is 0.523. The molecule has 0 aliphatic heterocycles. The molecule has 1 aromatic carbocycles. The van der Waals surface area contributed by atoms with Crippen LogP contribution in [0.4, 0.5) is 0 Å². The van der Waals surface area contributed by atoms with Gasteiger partial charge in [-0.3, -0.25) is 4.79 Å². The van der Waals surface area contributed by atoms with Gasteiger partial charge in [-0.1, -0.05) is 0 Å². The minimum Gasteiger partial charge on any atom is -0.496 e. The molecular formula is C8H7IO3. The van der Waals surface area contributed by atoms with Gasteiger partial charge in [-0.05, 0) is 12.1 Å². The van der Waals surface area contributed by atoms with Gasteiger partial charge in [0.15, 0.2) is 29.3 Å². The summed E-state index contributed by atoms with van der Waals surface area (Å²) in [5, 5.41) is 0. The zero-order valence-electron chi connectivity index (χ0n) is 6.41. The van der Waals surface area contributed by atoms with E-state index in [1.807, 2.05) is 0 Å². The largest absolute Gasteiger partial charge is 0.496 e. The summed E-state index contributed by atoms with van der Waals surface area (Å²) in [6.45, 7) is 0. The average Bonchev–Trinajstić information content (AvgIpc) is 2.16. The molecule has 0 aliphatic rings. The molecule has 0 N–H and O–H groups in total. The Morgan fingerprint density at radius 3 is 2.75 bits per heavy atom. The van der Waals surface area contributed by atoms with Gasteiger partial charge in [0.25, 0.3) is 0 Å². The summed E-state index contributed by atoms with van der Waals surface area (Å²) >= 11 is 1.77. The van der Waals surface area contributed by atoms with Crippen LogP contribution in [0.1, 0.15) is 10.4 Å². The molecule has 0 saturated heterocycles. The molecule has 4 heteroatoms. The van der Waals surface area contributed by atoms with Gasteiger partial charge in [0.05, 0.1) is 12.7 Å². The average molecular weight is 278 g/mol. The molecule has 0 atom stereocenters. The first-order valence-electron chi connectivity index (χ1n) is 3.23. The van der Waals surface area contributed by atoms with Crippen molar-refractivity contribution in [3.8, 4) is 11.5 Å². The van der Waals surface area contributed by atoms with Gasteiger partial charge in [0.2, 0.25) is 0 Å². The van der Waals surface area contributed by atoms with E-state index in [0.29, 0.717) is 17.1 Å². The van der Waals surface area contributed by atoms with Crippen LogP contribution in [0, 0.1) is 0 Å². The number of benzene rings is 1. The van der Waals surface area contributed by atoms with Gasteiger partial charge in [0.1, 0.15) is 11.5 Å². The zero-order chi connectivity index (χ0) is 8.97. The molecule has 0 aliphatic carbocycles. The maximum atomic E-state index is 10.5. The van der Waals surface area contributed by atoms with E-state index < -0.39 is 0 Å². The molecule has 1 rings (SSSR count). The van der Waals surface area contributed by atoms with Crippen LogP contribution in [0.25, 0.3) is 0 Å². The molecule has 0 bridgehead atoms. The lowest BCUT2D eigenvalue weighted by atomic mass is 10.2. The first-order chi connectivity index (χ1) is 5.81. The Morgan fingerprint density at radius 1 is 1.50 bits per heavy atom. The highest BCUT2D eigenvalue weighted by Gasteiger charge is 2.02. The van der Waals surface area contributed by atoms with Crippen molar-refractivity contribution in [1.82, 2.24) is 0 Å². The number of carbonyl (C=O) groups excluding carboxylic acids is 1. The third-order valence-corrected chi connectivity index (χ3v) is 1.93. The van der Waals surface area contributed by atoms with E-state index in [4.69, 9.17) is 7.80 Å². The van der Waals surface area contributed by atoms with Crippen LogP contribution in [0.5, 0.6) is 11.5 Å². The summed E-state index contributed by atoms with van der Waals surface area (Å²) in [6, 6.07) is 5.02. The third kappa shape index (κ3) is 1.88. The molecule has 0 saturated carbocycles. The topological polar surface area (TPSA) is 35.5 Å². The zero-order valence-corrected chi connectivity index (χ0v) is 8.57. The molecule has 0 fully saturated rings. The van der Waals surface area contributed by atoms with Crippen molar-refractivity contribution in [3.05, 3.63) is 23.8 Å². The molecule has 0 spiro atoms. The molecule has 64 valence electrons. The van der Waals surface area contributed by atoms with Gasteiger partial charge in [-0.25, -0.2) is 0 Å². The van der Waals surface area contributed by atoms with Crippen molar-refractivity contribution in [2.45, 2.75) is 0 Å². The van der Waals surface area contributed by atoms with E-state index in [9.17, 15) is 4.79 Å². The fourth-order valence-corrected chi connectivity index (χ4v) is 1.11. The predicted octanol–water partition coefficient (Wildman–Crippen LogP) is 2.24. The predicted molar refractivity (Wildman–Crippen MR) is 53.0 cm³/mol. The maximum absolute atomic E-state index is 10.5. The highest BCUT2D eigenvalue weighted by Crippen LogP contribution is 2.24. The van der Waals surface area contributed by atoms with Gasteiger partial charge in [-0.15, -0.1) is 0 Å². The summed E-state index contributed by atoms with van der Waals surface area (Å²) in [4.78, 5) is 10.5. The van der Waals surface area contributed by atoms with E-state index >= 15 is 0 Å². The fraction of sp³-hybridized carbons (Fsp3) is 0.125. The van der Waals surface area contributed by atoms with Crippen molar-refractivity contribution in [3.63, 3.8) is 0 Å². The van der Waals surface area contributed by atoms with E-state index in [2.05, 4.69) is 0 Å². The summed E-state index contributed by atoms with van der Waals surface area (Å²) in [6.07, 6.45) is 0.746. The highest BCUT2D eigenvalue weighted by molar-refractivity contribution is 14.1. The lowest BCUT2D eigenvalue weighted by Gasteiger charge is -2.03. The molecule has 3 nitrogen and oxygen atoms in total. The molecule has 0 aromatic heterocycles. The smallest absolute Gasteiger partial charge is 0.192 e. The normalized spacial score (nSPS) is 9.17. The molecule has 0 heterocycles. The Labute approximate surface area is 84.4 Å². The summed E-state index contributed by atoms with van der Waals surface area (Å²) < 4.78 is 9.89. The quantitative estimate of drug-likeness (QED) is 0.628. The number of hydrogen-bond donors (Lipinski definition) is 0. The second-order valence-electron chi connectivity index (χ2n) is 2.10. The Morgan fingerprint density at radius 2 is 2.25 bits per heavy atom. The first-order valence-corrected chi connectivity index (χ1v) is 4.11. The van der Waals surface area contributed by atoms with Gasteiger partial charge in [-0.2, -0.15) is 0 Å². The van der Waals surface area contributed by atoms with Crippen molar-refractivity contribution < 1.29 is 12.6 Å². The lowest BCUT2D eigenvalue weighted by Crippen LogP contribution is -1.90. The fourth-order valence-electron chi connectivity index (χ4n) is 0.837. The monoisotopic (exact) mass is 278 g/mol. The minimum absolute atomic E-state index is 0.523. The standard InChI is InChI=1S/C8H7IO3/c1-11-8-4-7(12-9)3-2-6(8)5-10/h2-5H,1H3. The molecular weight excluding hydrogens is 271 g/mol. The van der Waals surface area contributed by atoms with Crippen LogP contribution in [0.3, 0.4) is 0 Å². The lowest BCUT2D eigenvalue weighted by molar-refractivity contribution is 0.112. The van der Waals surface area contributed by atoms with Crippen LogP contribution in [0.2, 0.25) is 0 Å².